The van der Waals surface area contributed by atoms with Gasteiger partial charge in [-0.15, -0.1) is 0 Å². The predicted molar refractivity (Wildman–Crippen MR) is 101 cm³/mol. The second-order valence-electron chi connectivity index (χ2n) is 8.36. The summed E-state index contributed by atoms with van der Waals surface area (Å²) in [5.74, 6) is -1.83. The molecular formula is C18H31NO6S. The van der Waals surface area contributed by atoms with Crippen LogP contribution in [-0.2, 0) is 23.8 Å². The van der Waals surface area contributed by atoms with Crippen LogP contribution in [0.15, 0.2) is 0 Å². The molecular weight excluding hydrogens is 358 g/mol. The van der Waals surface area contributed by atoms with Crippen LogP contribution in [0.1, 0.15) is 60.8 Å². The fourth-order valence-corrected chi connectivity index (χ4v) is 2.63. The first kappa shape index (κ1) is 22.6. The van der Waals surface area contributed by atoms with E-state index < -0.39 is 35.3 Å². The largest absolute Gasteiger partial charge is 0.458 e. The lowest BCUT2D eigenvalue weighted by Crippen LogP contribution is -2.50. The molecule has 0 amide bonds. The Kier molecular flexibility index (Phi) is 7.83. The van der Waals surface area contributed by atoms with E-state index in [4.69, 9.17) is 26.4 Å². The molecule has 0 saturated carbocycles. The summed E-state index contributed by atoms with van der Waals surface area (Å²) >= 11 is 5.26. The Morgan fingerprint density at radius 2 is 1.38 bits per heavy atom. The zero-order valence-corrected chi connectivity index (χ0v) is 17.4. The summed E-state index contributed by atoms with van der Waals surface area (Å²) in [6.45, 7) is 11.5. The summed E-state index contributed by atoms with van der Waals surface area (Å²) in [7, 11) is 0. The van der Waals surface area contributed by atoms with Crippen LogP contribution in [0.25, 0.3) is 0 Å². The van der Waals surface area contributed by atoms with Crippen molar-refractivity contribution in [2.45, 2.75) is 84.2 Å². The van der Waals surface area contributed by atoms with E-state index in [0.717, 1.165) is 19.3 Å². The number of aliphatic hydroxyl groups excluding tert-OH is 1. The Morgan fingerprint density at radius 1 is 0.923 bits per heavy atom. The molecule has 1 saturated heterocycles. The number of nitrogens with zero attached hydrogens (tertiary/aromatic N) is 1. The molecule has 150 valence electrons. The van der Waals surface area contributed by atoms with Crippen molar-refractivity contribution in [1.82, 2.24) is 4.90 Å². The van der Waals surface area contributed by atoms with Gasteiger partial charge in [-0.25, -0.2) is 9.59 Å². The Balaban J connectivity index is 2.91. The van der Waals surface area contributed by atoms with E-state index in [1.807, 2.05) is 4.90 Å². The van der Waals surface area contributed by atoms with Crippen LogP contribution >= 0.6 is 12.2 Å². The van der Waals surface area contributed by atoms with Crippen LogP contribution in [0.4, 0.5) is 0 Å². The van der Waals surface area contributed by atoms with Gasteiger partial charge in [0.25, 0.3) is 5.17 Å². The van der Waals surface area contributed by atoms with E-state index in [-0.39, 0.29) is 5.17 Å². The molecule has 1 N–H and O–H groups in total. The van der Waals surface area contributed by atoms with Crippen LogP contribution in [0.2, 0.25) is 0 Å². The number of carbonyl (C=O) groups excluding carboxylic acids is 2. The number of hydrogen-bond acceptors (Lipinski definition) is 7. The van der Waals surface area contributed by atoms with Crippen molar-refractivity contribution in [1.29, 1.82) is 0 Å². The smallest absolute Gasteiger partial charge is 0.351 e. The van der Waals surface area contributed by atoms with Crippen molar-refractivity contribution in [3.63, 3.8) is 0 Å². The first-order valence-corrected chi connectivity index (χ1v) is 9.30. The molecule has 1 rings (SSSR count). The highest BCUT2D eigenvalue weighted by Gasteiger charge is 2.41. The predicted octanol–water partition coefficient (Wildman–Crippen LogP) is 2.19. The summed E-state index contributed by atoms with van der Waals surface area (Å²) in [4.78, 5) is 26.5. The average molecular weight is 390 g/mol. The molecule has 26 heavy (non-hydrogen) atoms. The van der Waals surface area contributed by atoms with E-state index in [1.165, 1.54) is 0 Å². The number of ether oxygens (including phenoxy) is 3. The second-order valence-corrected chi connectivity index (χ2v) is 8.71. The number of thiocarbonyl (C=S) groups is 1. The second kappa shape index (κ2) is 8.99. The zero-order chi connectivity index (χ0) is 20.1. The van der Waals surface area contributed by atoms with Gasteiger partial charge in [-0.05, 0) is 73.0 Å². The first-order chi connectivity index (χ1) is 11.8. The SMILES string of the molecule is CC(C)(C)OC(=O)[C@H](O)[C@@H](OC(=S)N1CCCCC1)C(=O)OC(C)(C)C. The fraction of sp³-hybridized carbons (Fsp3) is 0.833. The van der Waals surface area contributed by atoms with Crippen LogP contribution in [0, 0.1) is 0 Å². The Hall–Kier alpha value is -1.41. The monoisotopic (exact) mass is 389 g/mol. The van der Waals surface area contributed by atoms with Crippen molar-refractivity contribution < 1.29 is 28.9 Å². The van der Waals surface area contributed by atoms with Gasteiger partial charge >= 0.3 is 11.9 Å². The lowest BCUT2D eigenvalue weighted by atomic mass is 10.1. The van der Waals surface area contributed by atoms with Crippen LogP contribution in [-0.4, -0.2) is 63.6 Å². The third-order valence-electron chi connectivity index (χ3n) is 3.42. The molecule has 0 aliphatic carbocycles. The van der Waals surface area contributed by atoms with Crippen LogP contribution < -0.4 is 0 Å². The van der Waals surface area contributed by atoms with E-state index >= 15 is 0 Å². The molecule has 0 aromatic heterocycles. The number of hydrogen-bond donors (Lipinski definition) is 1. The van der Waals surface area contributed by atoms with Crippen molar-refractivity contribution in [3.8, 4) is 0 Å². The third kappa shape index (κ3) is 7.86. The van der Waals surface area contributed by atoms with Crippen molar-refractivity contribution >= 4 is 29.3 Å². The summed E-state index contributed by atoms with van der Waals surface area (Å²) < 4.78 is 16.0. The maximum atomic E-state index is 12.5. The van der Waals surface area contributed by atoms with Gasteiger partial charge in [0.05, 0.1) is 0 Å². The van der Waals surface area contributed by atoms with Gasteiger partial charge in [0.2, 0.25) is 6.10 Å². The number of likely N-dealkylation sites (tertiary alicyclic amines) is 1. The lowest BCUT2D eigenvalue weighted by molar-refractivity contribution is -0.184. The van der Waals surface area contributed by atoms with E-state index in [2.05, 4.69) is 0 Å². The molecule has 2 atom stereocenters. The Labute approximate surface area is 161 Å². The lowest BCUT2D eigenvalue weighted by Gasteiger charge is -2.32. The minimum Gasteiger partial charge on any atom is -0.458 e. The van der Waals surface area contributed by atoms with Crippen molar-refractivity contribution in [3.05, 3.63) is 0 Å². The molecule has 8 heteroatoms. The molecule has 0 radical (unpaired) electrons. The van der Waals surface area contributed by atoms with Crippen LogP contribution in [0.3, 0.4) is 0 Å². The topological polar surface area (TPSA) is 85.3 Å². The standard InChI is InChI=1S/C18H31NO6S/c1-17(2,3)24-14(21)12(20)13(15(22)25-18(4,5)6)23-16(26)19-10-8-7-9-11-19/h12-13,20H,7-11H2,1-6H3/t12-,13-/m1/s1. The molecule has 0 spiro atoms. The first-order valence-electron chi connectivity index (χ1n) is 8.89. The maximum absolute atomic E-state index is 12.5. The summed E-state index contributed by atoms with van der Waals surface area (Å²) in [6.07, 6.45) is -0.384. The van der Waals surface area contributed by atoms with Crippen LogP contribution in [0.5, 0.6) is 0 Å². The molecule has 1 aliphatic rings. The maximum Gasteiger partial charge on any atom is 0.351 e. The summed E-state index contributed by atoms with van der Waals surface area (Å²) in [5, 5.41) is 10.4. The molecule has 0 aromatic carbocycles. The molecule has 0 aromatic rings. The molecule has 7 nitrogen and oxygen atoms in total. The highest BCUT2D eigenvalue weighted by molar-refractivity contribution is 7.80. The quantitative estimate of drug-likeness (QED) is 0.578. The summed E-state index contributed by atoms with van der Waals surface area (Å²) in [6, 6.07) is 0. The molecule has 0 bridgehead atoms. The highest BCUT2D eigenvalue weighted by Crippen LogP contribution is 2.18. The molecule has 1 fully saturated rings. The van der Waals surface area contributed by atoms with Gasteiger partial charge in [0.15, 0.2) is 6.10 Å². The normalized spacial score (nSPS) is 17.9. The number of rotatable bonds is 4. The zero-order valence-electron chi connectivity index (χ0n) is 16.5. The number of piperidine rings is 1. The van der Waals surface area contributed by atoms with Gasteiger partial charge < -0.3 is 24.2 Å². The molecule has 1 heterocycles. The summed E-state index contributed by atoms with van der Waals surface area (Å²) in [5.41, 5.74) is -1.62. The van der Waals surface area contributed by atoms with Crippen molar-refractivity contribution in [2.75, 3.05) is 13.1 Å². The minimum atomic E-state index is -1.84. The highest BCUT2D eigenvalue weighted by atomic mass is 32.1. The minimum absolute atomic E-state index is 0.0724. The van der Waals surface area contributed by atoms with Crippen molar-refractivity contribution in [2.24, 2.45) is 0 Å². The number of esters is 2. The number of aliphatic hydroxyl groups is 1. The van der Waals surface area contributed by atoms with Gasteiger partial charge in [-0.3, -0.25) is 0 Å². The van der Waals surface area contributed by atoms with E-state index in [1.54, 1.807) is 41.5 Å². The van der Waals surface area contributed by atoms with Gasteiger partial charge in [-0.1, -0.05) is 0 Å². The van der Waals surface area contributed by atoms with Gasteiger partial charge in [-0.2, -0.15) is 0 Å². The van der Waals surface area contributed by atoms with Gasteiger partial charge in [0.1, 0.15) is 11.2 Å². The number of carbonyl (C=O) groups is 2. The van der Waals surface area contributed by atoms with Gasteiger partial charge in [0, 0.05) is 13.1 Å². The molecule has 1 aliphatic heterocycles. The fourth-order valence-electron chi connectivity index (χ4n) is 2.35. The Bertz CT molecular complexity index is 517. The third-order valence-corrected chi connectivity index (χ3v) is 3.77. The Morgan fingerprint density at radius 3 is 1.85 bits per heavy atom. The van der Waals surface area contributed by atoms with E-state index in [0.29, 0.717) is 13.1 Å². The van der Waals surface area contributed by atoms with E-state index in [9.17, 15) is 14.7 Å². The average Bonchev–Trinajstić information content (AvgIpc) is 2.49. The molecule has 0 unspecified atom stereocenters.